The van der Waals surface area contributed by atoms with Crippen molar-refractivity contribution < 1.29 is 13.2 Å². The normalized spacial score (nSPS) is 13.6. The minimum absolute atomic E-state index is 0.0813. The number of anilines is 1. The van der Waals surface area contributed by atoms with Crippen LogP contribution in [0.4, 0.5) is 10.5 Å². The van der Waals surface area contributed by atoms with Crippen LogP contribution < -0.4 is 15.6 Å². The van der Waals surface area contributed by atoms with Gasteiger partial charge in [-0.25, -0.2) is 22.9 Å². The quantitative estimate of drug-likeness (QED) is 0.398. The molecule has 0 radical (unpaired) electrons. The first-order valence-electron chi connectivity index (χ1n) is 10.7. The standard InChI is InChI=1S/C23H19ClN6O4S2/c1-29-11-9-25-21(29)15-2-4-17-14(12-15)8-10-30(22(17)31)19-6-3-16(13-26-19)27-23(32)28-36(33,34)20-7-5-18(24)35-20/h2-8,10,12-13H,9,11H2,1H3,(H2,27,28,32). The maximum atomic E-state index is 13.1. The number of carbonyl (C=O) groups excluding carboxylic acids is 1. The second kappa shape index (κ2) is 9.37. The molecule has 1 aromatic carbocycles. The lowest BCUT2D eigenvalue weighted by Crippen LogP contribution is -2.34. The van der Waals surface area contributed by atoms with Crippen LogP contribution in [0.1, 0.15) is 5.56 Å². The number of amidine groups is 1. The van der Waals surface area contributed by atoms with Gasteiger partial charge in [-0.1, -0.05) is 17.7 Å². The third-order valence-corrected chi connectivity index (χ3v) is 8.57. The van der Waals surface area contributed by atoms with Crippen molar-refractivity contribution in [2.45, 2.75) is 4.21 Å². The van der Waals surface area contributed by atoms with Crippen LogP contribution in [0.3, 0.4) is 0 Å². The molecule has 2 N–H and O–H groups in total. The molecule has 13 heteroatoms. The number of halogens is 1. The van der Waals surface area contributed by atoms with E-state index in [1.165, 1.54) is 29.0 Å². The molecule has 1 aliphatic heterocycles. The van der Waals surface area contributed by atoms with E-state index in [2.05, 4.69) is 20.2 Å². The van der Waals surface area contributed by atoms with Crippen LogP contribution in [0.25, 0.3) is 16.6 Å². The number of aromatic nitrogens is 2. The summed E-state index contributed by atoms with van der Waals surface area (Å²) in [6.45, 7) is 1.62. The molecule has 5 rings (SSSR count). The topological polar surface area (TPSA) is 126 Å². The zero-order valence-corrected chi connectivity index (χ0v) is 21.2. The Morgan fingerprint density at radius 3 is 2.64 bits per heavy atom. The largest absolute Gasteiger partial charge is 0.358 e. The highest BCUT2D eigenvalue weighted by molar-refractivity contribution is 7.92. The Bertz CT molecular complexity index is 1680. The molecule has 0 bridgehead atoms. The zero-order chi connectivity index (χ0) is 25.4. The maximum Gasteiger partial charge on any atom is 0.333 e. The predicted molar refractivity (Wildman–Crippen MR) is 140 cm³/mol. The van der Waals surface area contributed by atoms with E-state index in [4.69, 9.17) is 11.6 Å². The number of hydrogen-bond donors (Lipinski definition) is 2. The number of sulfonamides is 1. The third kappa shape index (κ3) is 4.70. The Hall–Kier alpha value is -3.74. The molecule has 4 heterocycles. The fourth-order valence-corrected chi connectivity index (χ4v) is 6.17. The number of likely N-dealkylation sites (N-methyl/N-ethyl adjacent to an activating group) is 1. The molecule has 1 aliphatic rings. The number of benzene rings is 1. The van der Waals surface area contributed by atoms with Gasteiger partial charge in [0.2, 0.25) is 0 Å². The summed E-state index contributed by atoms with van der Waals surface area (Å²) >= 11 is 6.60. The van der Waals surface area contributed by atoms with E-state index in [0.29, 0.717) is 11.2 Å². The van der Waals surface area contributed by atoms with Crippen LogP contribution in [0, 0.1) is 0 Å². The highest BCUT2D eigenvalue weighted by Crippen LogP contribution is 2.25. The van der Waals surface area contributed by atoms with E-state index in [9.17, 15) is 18.0 Å². The summed E-state index contributed by atoms with van der Waals surface area (Å²) < 4.78 is 28.0. The Balaban J connectivity index is 1.33. The van der Waals surface area contributed by atoms with Crippen molar-refractivity contribution >= 4 is 61.3 Å². The van der Waals surface area contributed by atoms with E-state index in [1.54, 1.807) is 18.3 Å². The van der Waals surface area contributed by atoms with E-state index >= 15 is 0 Å². The van der Waals surface area contributed by atoms with Crippen molar-refractivity contribution in [3.05, 3.63) is 81.2 Å². The molecule has 10 nitrogen and oxygen atoms in total. The second-order valence-electron chi connectivity index (χ2n) is 7.94. The molecule has 0 aliphatic carbocycles. The Morgan fingerprint density at radius 1 is 1.14 bits per heavy atom. The molecule has 3 aromatic heterocycles. The summed E-state index contributed by atoms with van der Waals surface area (Å²) in [6.07, 6.45) is 2.97. The summed E-state index contributed by atoms with van der Waals surface area (Å²) in [5.74, 6) is 1.25. The lowest BCUT2D eigenvalue weighted by Gasteiger charge is -2.14. The Labute approximate surface area is 214 Å². The number of nitrogens with zero attached hydrogens (tertiary/aromatic N) is 4. The summed E-state index contributed by atoms with van der Waals surface area (Å²) in [4.78, 5) is 36.1. The SMILES string of the molecule is CN1CCN=C1c1ccc2c(=O)n(-c3ccc(NC(=O)NS(=O)(=O)c4ccc(Cl)s4)cn3)ccc2c1. The highest BCUT2D eigenvalue weighted by Gasteiger charge is 2.20. The zero-order valence-electron chi connectivity index (χ0n) is 18.8. The number of thiophene rings is 1. The molecule has 2 amide bonds. The van der Waals surface area contributed by atoms with Gasteiger partial charge in [-0.15, -0.1) is 11.3 Å². The van der Waals surface area contributed by atoms with E-state index in [-0.39, 0.29) is 19.8 Å². The number of pyridine rings is 2. The van der Waals surface area contributed by atoms with E-state index < -0.39 is 16.1 Å². The molecule has 0 spiro atoms. The summed E-state index contributed by atoms with van der Waals surface area (Å²) in [5, 5.41) is 3.74. The van der Waals surface area contributed by atoms with Crippen LogP contribution >= 0.6 is 22.9 Å². The van der Waals surface area contributed by atoms with Gasteiger partial charge in [-0.2, -0.15) is 0 Å². The van der Waals surface area contributed by atoms with Crippen molar-refractivity contribution in [2.24, 2.45) is 4.99 Å². The number of urea groups is 1. The number of hydrogen-bond acceptors (Lipinski definition) is 8. The third-order valence-electron chi connectivity index (χ3n) is 5.51. The van der Waals surface area contributed by atoms with Crippen molar-refractivity contribution in [2.75, 3.05) is 25.5 Å². The first kappa shape index (κ1) is 24.0. The average molecular weight is 543 g/mol. The van der Waals surface area contributed by atoms with Crippen LogP contribution in [-0.4, -0.2) is 54.9 Å². The highest BCUT2D eigenvalue weighted by atomic mass is 35.5. The summed E-state index contributed by atoms with van der Waals surface area (Å²) in [5.41, 5.74) is 0.957. The molecule has 0 saturated carbocycles. The number of carbonyl (C=O) groups is 1. The van der Waals surface area contributed by atoms with Crippen molar-refractivity contribution in [1.82, 2.24) is 19.2 Å². The lowest BCUT2D eigenvalue weighted by atomic mass is 10.1. The van der Waals surface area contributed by atoms with Crippen molar-refractivity contribution in [3.63, 3.8) is 0 Å². The van der Waals surface area contributed by atoms with Gasteiger partial charge in [0.1, 0.15) is 15.9 Å². The molecule has 4 aromatic rings. The van der Waals surface area contributed by atoms with Gasteiger partial charge in [0.15, 0.2) is 0 Å². The molecular weight excluding hydrogens is 524 g/mol. The Kier molecular flexibility index (Phi) is 6.24. The smallest absolute Gasteiger partial charge is 0.333 e. The first-order chi connectivity index (χ1) is 17.2. The van der Waals surface area contributed by atoms with Gasteiger partial charge in [0.25, 0.3) is 15.6 Å². The van der Waals surface area contributed by atoms with Crippen molar-refractivity contribution in [3.8, 4) is 5.82 Å². The van der Waals surface area contributed by atoms with Gasteiger partial charge >= 0.3 is 6.03 Å². The monoisotopic (exact) mass is 542 g/mol. The molecule has 0 atom stereocenters. The molecule has 0 unspecified atom stereocenters. The molecular formula is C23H19ClN6O4S2. The van der Waals surface area contributed by atoms with Crippen LogP contribution in [0.5, 0.6) is 0 Å². The first-order valence-corrected chi connectivity index (χ1v) is 13.4. The molecule has 0 saturated heterocycles. The Morgan fingerprint density at radius 2 is 1.97 bits per heavy atom. The van der Waals surface area contributed by atoms with Gasteiger partial charge in [-0.05, 0) is 47.9 Å². The van der Waals surface area contributed by atoms with Crippen LogP contribution in [0.15, 0.2) is 74.9 Å². The van der Waals surface area contributed by atoms with Gasteiger partial charge in [0.05, 0.1) is 22.8 Å². The van der Waals surface area contributed by atoms with Gasteiger partial charge in [-0.3, -0.25) is 14.4 Å². The van der Waals surface area contributed by atoms with Crippen molar-refractivity contribution in [1.29, 1.82) is 0 Å². The van der Waals surface area contributed by atoms with Gasteiger partial charge in [0, 0.05) is 30.7 Å². The van der Waals surface area contributed by atoms with Crippen LogP contribution in [0.2, 0.25) is 4.34 Å². The lowest BCUT2D eigenvalue weighted by molar-refractivity contribution is 0.256. The molecule has 36 heavy (non-hydrogen) atoms. The summed E-state index contributed by atoms with van der Waals surface area (Å²) in [6, 6.07) is 12.3. The predicted octanol–water partition coefficient (Wildman–Crippen LogP) is 3.30. The van der Waals surface area contributed by atoms with E-state index in [1.807, 2.05) is 30.0 Å². The van der Waals surface area contributed by atoms with E-state index in [0.717, 1.165) is 41.2 Å². The minimum atomic E-state index is -4.05. The minimum Gasteiger partial charge on any atom is -0.358 e. The molecule has 0 fully saturated rings. The summed E-state index contributed by atoms with van der Waals surface area (Å²) in [7, 11) is -2.07. The maximum absolute atomic E-state index is 13.1. The fourth-order valence-electron chi connectivity index (χ4n) is 3.78. The average Bonchev–Trinajstić information content (AvgIpc) is 3.48. The number of amides is 2. The van der Waals surface area contributed by atoms with Gasteiger partial charge < -0.3 is 10.2 Å². The number of rotatable bonds is 5. The number of nitrogens with one attached hydrogen (secondary N) is 2. The number of aliphatic imine (C=N–C) groups is 1. The number of fused-ring (bicyclic) bond motifs is 1. The molecule has 184 valence electrons. The van der Waals surface area contributed by atoms with Crippen LogP contribution in [-0.2, 0) is 10.0 Å². The fraction of sp³-hybridized carbons (Fsp3) is 0.130. The second-order valence-corrected chi connectivity index (χ2v) is 11.6.